The molecule has 2 aromatic carbocycles. The standard InChI is InChI=1S/C25H25N3O3/c29-24(25(12-13-25)19-7-2-1-3-8-19)28-20-9-5-4-6-18(20)16-21(28)22-26-23(31-27-22)17-10-14-30-15-11-17/h1-9,17,21H,10-16H2. The van der Waals surface area contributed by atoms with Crippen LogP contribution in [0.2, 0.25) is 0 Å². The zero-order chi connectivity index (χ0) is 20.8. The SMILES string of the molecule is O=C(N1c2ccccc2CC1c1noc(C2CCOCC2)n1)C1(c2ccccc2)CC1. The van der Waals surface area contributed by atoms with Gasteiger partial charge in [0.15, 0.2) is 5.82 Å². The van der Waals surface area contributed by atoms with Crippen molar-refractivity contribution in [3.8, 4) is 0 Å². The molecule has 6 heteroatoms. The second kappa shape index (κ2) is 7.31. The third-order valence-electron chi connectivity index (χ3n) is 7.01. The van der Waals surface area contributed by atoms with Gasteiger partial charge in [-0.25, -0.2) is 0 Å². The first kappa shape index (κ1) is 18.8. The number of benzene rings is 2. The van der Waals surface area contributed by atoms with Crippen LogP contribution in [-0.2, 0) is 21.4 Å². The Morgan fingerprint density at radius 3 is 2.52 bits per heavy atom. The second-order valence-corrected chi connectivity index (χ2v) is 8.85. The largest absolute Gasteiger partial charge is 0.381 e. The molecule has 1 unspecified atom stereocenters. The van der Waals surface area contributed by atoms with Crippen LogP contribution in [-0.4, -0.2) is 29.3 Å². The van der Waals surface area contributed by atoms with Gasteiger partial charge in [0.2, 0.25) is 11.8 Å². The Bertz CT molecular complexity index is 1100. The third-order valence-corrected chi connectivity index (χ3v) is 7.01. The normalized spacial score (nSPS) is 22.3. The van der Waals surface area contributed by atoms with Gasteiger partial charge >= 0.3 is 0 Å². The Balaban J connectivity index is 1.36. The molecule has 0 radical (unpaired) electrons. The van der Waals surface area contributed by atoms with Gasteiger partial charge in [-0.3, -0.25) is 4.79 Å². The van der Waals surface area contributed by atoms with Crippen LogP contribution in [0.5, 0.6) is 0 Å². The van der Waals surface area contributed by atoms with E-state index < -0.39 is 5.41 Å². The van der Waals surface area contributed by atoms with E-state index in [4.69, 9.17) is 14.2 Å². The van der Waals surface area contributed by atoms with Crippen molar-refractivity contribution in [2.75, 3.05) is 18.1 Å². The molecule has 2 aliphatic heterocycles. The van der Waals surface area contributed by atoms with Crippen molar-refractivity contribution in [1.29, 1.82) is 0 Å². The quantitative estimate of drug-likeness (QED) is 0.635. The Morgan fingerprint density at radius 1 is 1.00 bits per heavy atom. The van der Waals surface area contributed by atoms with Crippen molar-refractivity contribution in [3.05, 3.63) is 77.4 Å². The lowest BCUT2D eigenvalue weighted by atomic mass is 9.93. The van der Waals surface area contributed by atoms with Crippen LogP contribution in [0.15, 0.2) is 59.1 Å². The zero-order valence-corrected chi connectivity index (χ0v) is 17.4. The molecule has 3 aliphatic rings. The number of hydrogen-bond acceptors (Lipinski definition) is 5. The van der Waals surface area contributed by atoms with Crippen molar-refractivity contribution in [2.24, 2.45) is 0 Å². The molecule has 1 aromatic heterocycles. The highest BCUT2D eigenvalue weighted by Gasteiger charge is 2.55. The number of carbonyl (C=O) groups excluding carboxylic acids is 1. The van der Waals surface area contributed by atoms with Crippen LogP contribution in [0.25, 0.3) is 0 Å². The van der Waals surface area contributed by atoms with E-state index in [-0.39, 0.29) is 17.9 Å². The highest BCUT2D eigenvalue weighted by molar-refractivity contribution is 6.05. The van der Waals surface area contributed by atoms with Crippen molar-refractivity contribution in [1.82, 2.24) is 10.1 Å². The monoisotopic (exact) mass is 415 g/mol. The molecule has 3 heterocycles. The van der Waals surface area contributed by atoms with Crippen molar-refractivity contribution < 1.29 is 14.1 Å². The summed E-state index contributed by atoms with van der Waals surface area (Å²) in [6.07, 6.45) is 4.25. The van der Waals surface area contributed by atoms with E-state index in [1.807, 2.05) is 41.3 Å². The third kappa shape index (κ3) is 3.08. The Hall–Kier alpha value is -2.99. The smallest absolute Gasteiger partial charge is 0.238 e. The van der Waals surface area contributed by atoms with Crippen LogP contribution >= 0.6 is 0 Å². The predicted molar refractivity (Wildman–Crippen MR) is 115 cm³/mol. The van der Waals surface area contributed by atoms with Gasteiger partial charge in [0, 0.05) is 31.2 Å². The highest BCUT2D eigenvalue weighted by Crippen LogP contribution is 2.53. The summed E-state index contributed by atoms with van der Waals surface area (Å²) in [4.78, 5) is 20.7. The first-order chi connectivity index (χ1) is 15.3. The van der Waals surface area contributed by atoms with Gasteiger partial charge < -0.3 is 14.2 Å². The minimum atomic E-state index is -0.440. The van der Waals surface area contributed by atoms with E-state index in [0.717, 1.165) is 55.7 Å². The topological polar surface area (TPSA) is 68.5 Å². The number of aromatic nitrogens is 2. The molecule has 6 nitrogen and oxygen atoms in total. The van der Waals surface area contributed by atoms with Crippen molar-refractivity contribution >= 4 is 11.6 Å². The minimum absolute atomic E-state index is 0.145. The number of ether oxygens (including phenoxy) is 1. The molecule has 1 amide bonds. The van der Waals surface area contributed by atoms with Crippen LogP contribution < -0.4 is 4.90 Å². The minimum Gasteiger partial charge on any atom is -0.381 e. The second-order valence-electron chi connectivity index (χ2n) is 8.85. The number of rotatable bonds is 4. The summed E-state index contributed by atoms with van der Waals surface area (Å²) in [6.45, 7) is 1.45. The average Bonchev–Trinajstić information content (AvgIpc) is 3.34. The lowest BCUT2D eigenvalue weighted by Crippen LogP contribution is -2.40. The first-order valence-electron chi connectivity index (χ1n) is 11.1. The summed E-state index contributed by atoms with van der Waals surface area (Å²) in [5.41, 5.74) is 2.78. The zero-order valence-electron chi connectivity index (χ0n) is 17.4. The summed E-state index contributed by atoms with van der Waals surface area (Å²) >= 11 is 0. The Morgan fingerprint density at radius 2 is 1.74 bits per heavy atom. The van der Waals surface area contributed by atoms with E-state index in [2.05, 4.69) is 23.4 Å². The maximum atomic E-state index is 14.0. The maximum absolute atomic E-state index is 14.0. The van der Waals surface area contributed by atoms with Crippen molar-refractivity contribution in [2.45, 2.75) is 49.5 Å². The van der Waals surface area contributed by atoms with Crippen LogP contribution in [0.3, 0.4) is 0 Å². The number of nitrogens with zero attached hydrogens (tertiary/aromatic N) is 3. The fraction of sp³-hybridized carbons (Fsp3) is 0.400. The molecule has 31 heavy (non-hydrogen) atoms. The van der Waals surface area contributed by atoms with Gasteiger partial charge in [-0.05, 0) is 42.9 Å². The summed E-state index contributed by atoms with van der Waals surface area (Å²) < 4.78 is 11.1. The number of fused-ring (bicyclic) bond motifs is 1. The molecular weight excluding hydrogens is 390 g/mol. The van der Waals surface area contributed by atoms with Gasteiger partial charge in [-0.15, -0.1) is 0 Å². The summed E-state index contributed by atoms with van der Waals surface area (Å²) in [6, 6.07) is 18.1. The Kier molecular flexibility index (Phi) is 4.42. The number of anilines is 1. The predicted octanol–water partition coefficient (Wildman–Crippen LogP) is 4.33. The van der Waals surface area contributed by atoms with Gasteiger partial charge in [-0.1, -0.05) is 53.7 Å². The lowest BCUT2D eigenvalue weighted by molar-refractivity contribution is -0.121. The van der Waals surface area contributed by atoms with E-state index in [0.29, 0.717) is 18.1 Å². The summed E-state index contributed by atoms with van der Waals surface area (Å²) in [5, 5.41) is 4.34. The molecule has 1 aliphatic carbocycles. The fourth-order valence-corrected chi connectivity index (χ4v) is 5.08. The fourth-order valence-electron chi connectivity index (χ4n) is 5.08. The highest BCUT2D eigenvalue weighted by atomic mass is 16.5. The summed E-state index contributed by atoms with van der Waals surface area (Å²) in [7, 11) is 0. The van der Waals surface area contributed by atoms with E-state index >= 15 is 0 Å². The molecule has 3 aromatic rings. The van der Waals surface area contributed by atoms with Crippen molar-refractivity contribution in [3.63, 3.8) is 0 Å². The molecular formula is C25H25N3O3. The average molecular weight is 415 g/mol. The number of carbonyl (C=O) groups is 1. The van der Waals surface area contributed by atoms with Gasteiger partial charge in [-0.2, -0.15) is 4.98 Å². The molecule has 0 bridgehead atoms. The molecule has 1 atom stereocenters. The van der Waals surface area contributed by atoms with Gasteiger partial charge in [0.25, 0.3) is 0 Å². The first-order valence-corrected chi connectivity index (χ1v) is 11.1. The molecule has 158 valence electrons. The van der Waals surface area contributed by atoms with Crippen LogP contribution in [0.4, 0.5) is 5.69 Å². The Labute approximate surface area is 181 Å². The van der Waals surface area contributed by atoms with Gasteiger partial charge in [0.1, 0.15) is 6.04 Å². The molecule has 0 spiro atoms. The summed E-state index contributed by atoms with van der Waals surface area (Å²) in [5.74, 6) is 1.66. The maximum Gasteiger partial charge on any atom is 0.238 e. The van der Waals surface area contributed by atoms with E-state index in [1.165, 1.54) is 0 Å². The van der Waals surface area contributed by atoms with E-state index in [9.17, 15) is 4.79 Å². The lowest BCUT2D eigenvalue weighted by Gasteiger charge is -2.28. The molecule has 0 N–H and O–H groups in total. The molecule has 6 rings (SSSR count). The molecule has 1 saturated carbocycles. The van der Waals surface area contributed by atoms with Crippen LogP contribution in [0.1, 0.15) is 60.5 Å². The number of hydrogen-bond donors (Lipinski definition) is 0. The number of para-hydroxylation sites is 1. The number of amides is 1. The van der Waals surface area contributed by atoms with E-state index in [1.54, 1.807) is 0 Å². The van der Waals surface area contributed by atoms with Crippen LogP contribution in [0, 0.1) is 0 Å². The van der Waals surface area contributed by atoms with Gasteiger partial charge in [0.05, 0.1) is 5.41 Å². The molecule has 1 saturated heterocycles. The molecule has 2 fully saturated rings.